The topological polar surface area (TPSA) is 68.3 Å². The number of nitrogens with zero attached hydrogens (tertiary/aromatic N) is 2. The molecule has 6 heteroatoms. The van der Waals surface area contributed by atoms with Gasteiger partial charge in [0.15, 0.2) is 11.5 Å². The molecule has 1 aromatic carbocycles. The predicted molar refractivity (Wildman–Crippen MR) is 81.4 cm³/mol. The van der Waals surface area contributed by atoms with Crippen LogP contribution in [-0.4, -0.2) is 29.7 Å². The summed E-state index contributed by atoms with van der Waals surface area (Å²) >= 11 is 0. The summed E-state index contributed by atoms with van der Waals surface area (Å²) in [4.78, 5) is 8.33. The highest BCUT2D eigenvalue weighted by Crippen LogP contribution is 2.33. The normalized spacial score (nSPS) is 12.6. The average Bonchev–Trinajstić information content (AvgIpc) is 2.53. The van der Waals surface area contributed by atoms with Crippen molar-refractivity contribution in [3.63, 3.8) is 0 Å². The molecule has 0 amide bonds. The highest BCUT2D eigenvalue weighted by molar-refractivity contribution is 5.63. The predicted octanol–water partition coefficient (Wildman–Crippen LogP) is 2.59. The van der Waals surface area contributed by atoms with Gasteiger partial charge in [0.25, 0.3) is 0 Å². The van der Waals surface area contributed by atoms with E-state index < -0.39 is 0 Å². The van der Waals surface area contributed by atoms with Crippen molar-refractivity contribution in [2.45, 2.75) is 0 Å². The Kier molecular flexibility index (Phi) is 3.86. The Bertz CT molecular complexity index is 645. The van der Waals surface area contributed by atoms with Crippen LogP contribution in [0.3, 0.4) is 0 Å². The average molecular weight is 284 g/mol. The summed E-state index contributed by atoms with van der Waals surface area (Å²) in [6.45, 7) is 5.47. The van der Waals surface area contributed by atoms with E-state index >= 15 is 0 Å². The van der Waals surface area contributed by atoms with Crippen LogP contribution in [-0.2, 0) is 0 Å². The molecule has 2 N–H and O–H groups in total. The van der Waals surface area contributed by atoms with Crippen LogP contribution in [0.2, 0.25) is 0 Å². The fourth-order valence-corrected chi connectivity index (χ4v) is 1.97. The van der Waals surface area contributed by atoms with Gasteiger partial charge >= 0.3 is 0 Å². The third-order valence-electron chi connectivity index (χ3n) is 2.91. The quantitative estimate of drug-likeness (QED) is 0.823. The van der Waals surface area contributed by atoms with Gasteiger partial charge in [-0.25, -0.2) is 9.97 Å². The lowest BCUT2D eigenvalue weighted by molar-refractivity contribution is 0.171. The summed E-state index contributed by atoms with van der Waals surface area (Å²) in [7, 11) is 0. The molecular formula is C15H16N4O2. The van der Waals surface area contributed by atoms with Crippen LogP contribution in [0.4, 0.5) is 17.3 Å². The number of hydrogen-bond acceptors (Lipinski definition) is 6. The van der Waals surface area contributed by atoms with E-state index in [2.05, 4.69) is 27.2 Å². The first-order valence-corrected chi connectivity index (χ1v) is 6.68. The summed E-state index contributed by atoms with van der Waals surface area (Å²) in [5.74, 6) is 2.95. The zero-order valence-corrected chi connectivity index (χ0v) is 11.5. The lowest BCUT2D eigenvalue weighted by Gasteiger charge is -2.19. The van der Waals surface area contributed by atoms with Crippen molar-refractivity contribution < 1.29 is 9.47 Å². The molecule has 21 heavy (non-hydrogen) atoms. The van der Waals surface area contributed by atoms with Crippen molar-refractivity contribution in [1.82, 2.24) is 9.97 Å². The van der Waals surface area contributed by atoms with E-state index in [-0.39, 0.29) is 0 Å². The van der Waals surface area contributed by atoms with Gasteiger partial charge in [0.05, 0.1) is 0 Å². The molecule has 1 aliphatic rings. The van der Waals surface area contributed by atoms with Crippen molar-refractivity contribution in [3.05, 3.63) is 43.2 Å². The first kappa shape index (κ1) is 13.2. The Balaban J connectivity index is 1.75. The molecule has 3 rings (SSSR count). The van der Waals surface area contributed by atoms with Gasteiger partial charge in [0, 0.05) is 24.4 Å². The number of ether oxygens (including phenoxy) is 2. The maximum Gasteiger partial charge on any atom is 0.163 e. The molecule has 0 atom stereocenters. The van der Waals surface area contributed by atoms with Crippen molar-refractivity contribution in [2.75, 3.05) is 30.4 Å². The maximum atomic E-state index is 5.56. The molecule has 0 fully saturated rings. The van der Waals surface area contributed by atoms with Crippen molar-refractivity contribution >= 4 is 17.3 Å². The van der Waals surface area contributed by atoms with E-state index in [0.717, 1.165) is 23.0 Å². The first-order valence-electron chi connectivity index (χ1n) is 6.68. The van der Waals surface area contributed by atoms with E-state index in [1.165, 1.54) is 6.33 Å². The second kappa shape index (κ2) is 6.13. The molecule has 2 heterocycles. The van der Waals surface area contributed by atoms with Crippen LogP contribution in [0, 0.1) is 0 Å². The summed E-state index contributed by atoms with van der Waals surface area (Å²) in [6.07, 6.45) is 3.28. The zero-order chi connectivity index (χ0) is 14.5. The van der Waals surface area contributed by atoms with Crippen molar-refractivity contribution in [3.8, 4) is 11.5 Å². The summed E-state index contributed by atoms with van der Waals surface area (Å²) in [5.41, 5.74) is 0.882. The maximum absolute atomic E-state index is 5.56. The minimum absolute atomic E-state index is 0.569. The van der Waals surface area contributed by atoms with Crippen LogP contribution in [0.1, 0.15) is 0 Å². The van der Waals surface area contributed by atoms with Gasteiger partial charge < -0.3 is 20.1 Å². The third kappa shape index (κ3) is 3.22. The van der Waals surface area contributed by atoms with E-state index in [0.29, 0.717) is 25.6 Å². The second-order valence-corrected chi connectivity index (χ2v) is 4.44. The molecule has 0 spiro atoms. The SMILES string of the molecule is C=CCNc1cc(Nc2ccc3c(c2)OCCO3)ncn1. The molecule has 2 aromatic rings. The summed E-state index contributed by atoms with van der Waals surface area (Å²) in [6, 6.07) is 7.54. The van der Waals surface area contributed by atoms with Gasteiger partial charge in [-0.2, -0.15) is 0 Å². The van der Waals surface area contributed by atoms with Gasteiger partial charge in [-0.3, -0.25) is 0 Å². The molecule has 0 bridgehead atoms. The highest BCUT2D eigenvalue weighted by atomic mass is 16.6. The minimum Gasteiger partial charge on any atom is -0.486 e. The summed E-state index contributed by atoms with van der Waals surface area (Å²) < 4.78 is 11.1. The number of rotatable bonds is 5. The van der Waals surface area contributed by atoms with Gasteiger partial charge in [0.1, 0.15) is 31.2 Å². The number of anilines is 3. The Hall–Kier alpha value is -2.76. The van der Waals surface area contributed by atoms with E-state index in [1.54, 1.807) is 6.08 Å². The molecule has 1 aliphatic heterocycles. The van der Waals surface area contributed by atoms with Gasteiger partial charge in [-0.15, -0.1) is 6.58 Å². The van der Waals surface area contributed by atoms with Gasteiger partial charge in [-0.1, -0.05) is 6.08 Å². The van der Waals surface area contributed by atoms with Gasteiger partial charge in [0.2, 0.25) is 0 Å². The standard InChI is InChI=1S/C15H16N4O2/c1-2-5-16-14-9-15(18-10-17-14)19-11-3-4-12-13(8-11)21-7-6-20-12/h2-4,8-10H,1,5-7H2,(H2,16,17,18,19). The molecule has 108 valence electrons. The smallest absolute Gasteiger partial charge is 0.163 e. The van der Waals surface area contributed by atoms with Crippen LogP contribution in [0.5, 0.6) is 11.5 Å². The first-order chi connectivity index (χ1) is 10.3. The monoisotopic (exact) mass is 284 g/mol. The Labute approximate surface area is 122 Å². The molecule has 0 saturated heterocycles. The molecule has 0 saturated carbocycles. The number of benzene rings is 1. The number of hydrogen-bond donors (Lipinski definition) is 2. The Morgan fingerprint density at radius 1 is 1.10 bits per heavy atom. The van der Waals surface area contributed by atoms with Gasteiger partial charge in [-0.05, 0) is 12.1 Å². The third-order valence-corrected chi connectivity index (χ3v) is 2.91. The van der Waals surface area contributed by atoms with Crippen LogP contribution < -0.4 is 20.1 Å². The van der Waals surface area contributed by atoms with Crippen LogP contribution >= 0.6 is 0 Å². The summed E-state index contributed by atoms with van der Waals surface area (Å²) in [5, 5.41) is 6.33. The largest absolute Gasteiger partial charge is 0.486 e. The fraction of sp³-hybridized carbons (Fsp3) is 0.200. The highest BCUT2D eigenvalue weighted by Gasteiger charge is 2.11. The van der Waals surface area contributed by atoms with E-state index in [9.17, 15) is 0 Å². The van der Waals surface area contributed by atoms with E-state index in [4.69, 9.17) is 9.47 Å². The van der Waals surface area contributed by atoms with Crippen molar-refractivity contribution in [2.24, 2.45) is 0 Å². The molecule has 0 unspecified atom stereocenters. The number of aromatic nitrogens is 2. The molecular weight excluding hydrogens is 268 g/mol. The Morgan fingerprint density at radius 3 is 2.76 bits per heavy atom. The second-order valence-electron chi connectivity index (χ2n) is 4.44. The minimum atomic E-state index is 0.569. The molecule has 6 nitrogen and oxygen atoms in total. The lowest BCUT2D eigenvalue weighted by atomic mass is 10.2. The van der Waals surface area contributed by atoms with Crippen LogP contribution in [0.25, 0.3) is 0 Å². The lowest BCUT2D eigenvalue weighted by Crippen LogP contribution is -2.15. The van der Waals surface area contributed by atoms with E-state index in [1.807, 2.05) is 24.3 Å². The molecule has 1 aromatic heterocycles. The fourth-order valence-electron chi connectivity index (χ4n) is 1.97. The Morgan fingerprint density at radius 2 is 1.90 bits per heavy atom. The number of nitrogens with one attached hydrogen (secondary N) is 2. The van der Waals surface area contributed by atoms with Crippen LogP contribution in [0.15, 0.2) is 43.2 Å². The molecule has 0 radical (unpaired) electrons. The zero-order valence-electron chi connectivity index (χ0n) is 11.5. The molecule has 0 aliphatic carbocycles. The van der Waals surface area contributed by atoms with Crippen molar-refractivity contribution in [1.29, 1.82) is 0 Å². The number of fused-ring (bicyclic) bond motifs is 1.